The number of nitrogens with zero attached hydrogens (tertiary/aromatic N) is 2. The van der Waals surface area contributed by atoms with Gasteiger partial charge in [-0.2, -0.15) is 0 Å². The molecule has 118 valence electrons. The summed E-state index contributed by atoms with van der Waals surface area (Å²) in [6, 6.07) is 10.7. The lowest BCUT2D eigenvalue weighted by atomic mass is 9.87. The summed E-state index contributed by atoms with van der Waals surface area (Å²) in [7, 11) is 2.21. The summed E-state index contributed by atoms with van der Waals surface area (Å²) in [6.07, 6.45) is 6.19. The largest absolute Gasteiger partial charge is 0.306 e. The first-order chi connectivity index (χ1) is 11.2. The quantitative estimate of drug-likeness (QED) is 0.715. The van der Waals surface area contributed by atoms with E-state index in [9.17, 15) is 0 Å². The van der Waals surface area contributed by atoms with Crippen LogP contribution in [0.15, 0.2) is 42.1 Å². The van der Waals surface area contributed by atoms with Gasteiger partial charge in [0, 0.05) is 35.6 Å². The first-order valence-corrected chi connectivity index (χ1v) is 8.74. The molecule has 1 aromatic carbocycles. The SMILES string of the molecule is CN1CCC(=C2c3ccc(Cl)cc3CCc3ncccc32)CC1. The molecule has 1 aromatic heterocycles. The van der Waals surface area contributed by atoms with Crippen molar-refractivity contribution in [1.82, 2.24) is 9.88 Å². The summed E-state index contributed by atoms with van der Waals surface area (Å²) in [5.74, 6) is 0. The van der Waals surface area contributed by atoms with Crippen LogP contribution >= 0.6 is 11.6 Å². The van der Waals surface area contributed by atoms with E-state index in [2.05, 4.69) is 41.2 Å². The number of aromatic nitrogens is 1. The van der Waals surface area contributed by atoms with Gasteiger partial charge in [-0.05, 0) is 67.6 Å². The van der Waals surface area contributed by atoms with Gasteiger partial charge >= 0.3 is 0 Å². The number of hydrogen-bond acceptors (Lipinski definition) is 2. The molecule has 2 nitrogen and oxygen atoms in total. The zero-order valence-corrected chi connectivity index (χ0v) is 14.2. The smallest absolute Gasteiger partial charge is 0.0485 e. The molecule has 1 fully saturated rings. The number of benzene rings is 1. The maximum Gasteiger partial charge on any atom is 0.0485 e. The van der Waals surface area contributed by atoms with Crippen molar-refractivity contribution in [1.29, 1.82) is 0 Å². The minimum Gasteiger partial charge on any atom is -0.306 e. The highest BCUT2D eigenvalue weighted by Crippen LogP contribution is 2.38. The number of fused-ring (bicyclic) bond motifs is 2. The van der Waals surface area contributed by atoms with Crippen LogP contribution in [0.25, 0.3) is 5.57 Å². The number of aryl methyl sites for hydroxylation is 2. The Labute approximate surface area is 142 Å². The molecule has 0 atom stereocenters. The predicted molar refractivity (Wildman–Crippen MR) is 95.9 cm³/mol. The summed E-state index contributed by atoms with van der Waals surface area (Å²) < 4.78 is 0. The summed E-state index contributed by atoms with van der Waals surface area (Å²) >= 11 is 6.26. The van der Waals surface area contributed by atoms with E-state index in [1.54, 1.807) is 5.57 Å². The molecule has 0 radical (unpaired) electrons. The molecule has 1 aliphatic heterocycles. The third kappa shape index (κ3) is 2.82. The zero-order chi connectivity index (χ0) is 15.8. The summed E-state index contributed by atoms with van der Waals surface area (Å²) in [5, 5.41) is 0.829. The van der Waals surface area contributed by atoms with Gasteiger partial charge in [0.1, 0.15) is 0 Å². The van der Waals surface area contributed by atoms with Crippen LogP contribution < -0.4 is 0 Å². The fourth-order valence-electron chi connectivity index (χ4n) is 3.80. The van der Waals surface area contributed by atoms with Crippen LogP contribution in [0, 0.1) is 0 Å². The molecule has 0 spiro atoms. The standard InChI is InChI=1S/C20H21ClN2/c1-23-11-8-14(9-12-23)20-17-6-5-16(21)13-15(17)4-7-19-18(20)3-2-10-22-19/h2-3,5-6,10,13H,4,7-9,11-12H2,1H3. The van der Waals surface area contributed by atoms with Crippen molar-refractivity contribution >= 4 is 17.2 Å². The van der Waals surface area contributed by atoms with E-state index in [4.69, 9.17) is 11.6 Å². The van der Waals surface area contributed by atoms with E-state index in [1.807, 2.05) is 12.3 Å². The molecule has 0 unspecified atom stereocenters. The van der Waals surface area contributed by atoms with Crippen LogP contribution in [0.4, 0.5) is 0 Å². The Kier molecular flexibility index (Phi) is 3.96. The van der Waals surface area contributed by atoms with E-state index < -0.39 is 0 Å². The van der Waals surface area contributed by atoms with E-state index >= 15 is 0 Å². The minimum absolute atomic E-state index is 0.829. The highest BCUT2D eigenvalue weighted by atomic mass is 35.5. The number of piperidine rings is 1. The van der Waals surface area contributed by atoms with Crippen molar-refractivity contribution < 1.29 is 0 Å². The fraction of sp³-hybridized carbons (Fsp3) is 0.350. The number of rotatable bonds is 0. The van der Waals surface area contributed by atoms with E-state index in [0.29, 0.717) is 0 Å². The number of pyridine rings is 1. The second-order valence-electron chi connectivity index (χ2n) is 6.58. The van der Waals surface area contributed by atoms with Gasteiger partial charge in [0.05, 0.1) is 0 Å². The van der Waals surface area contributed by atoms with Gasteiger partial charge in [-0.15, -0.1) is 0 Å². The number of hydrogen-bond donors (Lipinski definition) is 0. The molecule has 2 aromatic rings. The second-order valence-corrected chi connectivity index (χ2v) is 7.02. The molecule has 0 bridgehead atoms. The molecule has 2 aliphatic rings. The van der Waals surface area contributed by atoms with Crippen LogP contribution in [0.1, 0.15) is 35.2 Å². The highest BCUT2D eigenvalue weighted by molar-refractivity contribution is 6.30. The molecular weight excluding hydrogens is 304 g/mol. The maximum absolute atomic E-state index is 6.26. The fourth-order valence-corrected chi connectivity index (χ4v) is 3.99. The van der Waals surface area contributed by atoms with Crippen LogP contribution in [0.3, 0.4) is 0 Å². The molecular formula is C20H21ClN2. The van der Waals surface area contributed by atoms with Gasteiger partial charge in [0.15, 0.2) is 0 Å². The molecule has 23 heavy (non-hydrogen) atoms. The lowest BCUT2D eigenvalue weighted by Crippen LogP contribution is -2.27. The van der Waals surface area contributed by atoms with Crippen LogP contribution in [0.5, 0.6) is 0 Å². The van der Waals surface area contributed by atoms with Gasteiger partial charge in [-0.3, -0.25) is 4.98 Å². The zero-order valence-electron chi connectivity index (χ0n) is 13.5. The topological polar surface area (TPSA) is 16.1 Å². The van der Waals surface area contributed by atoms with Gasteiger partial charge < -0.3 is 4.90 Å². The molecule has 0 amide bonds. The molecule has 2 heterocycles. The summed E-state index contributed by atoms with van der Waals surface area (Å²) in [6.45, 7) is 2.27. The number of halogens is 1. The van der Waals surface area contributed by atoms with Crippen molar-refractivity contribution in [3.63, 3.8) is 0 Å². The molecule has 1 aliphatic carbocycles. The van der Waals surface area contributed by atoms with Gasteiger partial charge in [-0.1, -0.05) is 29.3 Å². The summed E-state index contributed by atoms with van der Waals surface area (Å²) in [5.41, 5.74) is 8.26. The summed E-state index contributed by atoms with van der Waals surface area (Å²) in [4.78, 5) is 7.08. The Morgan fingerprint density at radius 3 is 2.65 bits per heavy atom. The third-order valence-corrected chi connectivity index (χ3v) is 5.31. The molecule has 4 rings (SSSR count). The first-order valence-electron chi connectivity index (χ1n) is 8.36. The third-order valence-electron chi connectivity index (χ3n) is 5.07. The minimum atomic E-state index is 0.829. The Balaban J connectivity index is 1.94. The monoisotopic (exact) mass is 324 g/mol. The second kappa shape index (κ2) is 6.10. The maximum atomic E-state index is 6.26. The van der Waals surface area contributed by atoms with Gasteiger partial charge in [0.25, 0.3) is 0 Å². The van der Waals surface area contributed by atoms with E-state index in [0.717, 1.165) is 43.8 Å². The Morgan fingerprint density at radius 2 is 1.83 bits per heavy atom. The Morgan fingerprint density at radius 1 is 1.00 bits per heavy atom. The van der Waals surface area contributed by atoms with Crippen LogP contribution in [-0.2, 0) is 12.8 Å². The van der Waals surface area contributed by atoms with Crippen molar-refractivity contribution in [2.24, 2.45) is 0 Å². The molecule has 1 saturated heterocycles. The van der Waals surface area contributed by atoms with Crippen LogP contribution in [-0.4, -0.2) is 30.0 Å². The first kappa shape index (κ1) is 14.9. The normalized spacial score (nSPS) is 18.3. The van der Waals surface area contributed by atoms with Gasteiger partial charge in [0.2, 0.25) is 0 Å². The van der Waals surface area contributed by atoms with Crippen molar-refractivity contribution in [2.45, 2.75) is 25.7 Å². The highest BCUT2D eigenvalue weighted by Gasteiger charge is 2.23. The predicted octanol–water partition coefficient (Wildman–Crippen LogP) is 4.36. The van der Waals surface area contributed by atoms with Crippen LogP contribution in [0.2, 0.25) is 5.02 Å². The van der Waals surface area contributed by atoms with Crippen molar-refractivity contribution in [3.05, 3.63) is 69.5 Å². The number of likely N-dealkylation sites (tertiary alicyclic amines) is 1. The molecule has 0 N–H and O–H groups in total. The average Bonchev–Trinajstić information content (AvgIpc) is 2.72. The lowest BCUT2D eigenvalue weighted by Gasteiger charge is -2.27. The van der Waals surface area contributed by atoms with Gasteiger partial charge in [-0.25, -0.2) is 0 Å². The van der Waals surface area contributed by atoms with Crippen molar-refractivity contribution in [2.75, 3.05) is 20.1 Å². The van der Waals surface area contributed by atoms with E-state index in [-0.39, 0.29) is 0 Å². The molecule has 0 saturated carbocycles. The van der Waals surface area contributed by atoms with E-state index in [1.165, 1.54) is 28.0 Å². The van der Waals surface area contributed by atoms with Crippen molar-refractivity contribution in [3.8, 4) is 0 Å². The lowest BCUT2D eigenvalue weighted by molar-refractivity contribution is 0.313. The Hall–Kier alpha value is -1.64. The average molecular weight is 325 g/mol. The Bertz CT molecular complexity index is 769. The molecule has 3 heteroatoms.